The van der Waals surface area contributed by atoms with Gasteiger partial charge in [-0.05, 0) is 83.7 Å². The van der Waals surface area contributed by atoms with Crippen molar-refractivity contribution in [2.45, 2.75) is 90.5 Å². The predicted octanol–water partition coefficient (Wildman–Crippen LogP) is 7.02. The Morgan fingerprint density at radius 3 is 2.15 bits per heavy atom. The number of amides is 1. The lowest BCUT2D eigenvalue weighted by Crippen LogP contribution is -2.51. The first-order valence-electron chi connectivity index (χ1n) is 15.9. The van der Waals surface area contributed by atoms with Gasteiger partial charge < -0.3 is 9.64 Å². The highest BCUT2D eigenvalue weighted by atomic mass is 32.2. The molecular formula is C38H45N3O4S. The molecule has 5 rings (SSSR count). The minimum Gasteiger partial charge on any atom is -0.368 e. The quantitative estimate of drug-likeness (QED) is 0.213. The number of hydrogen-bond donors (Lipinski definition) is 1. The number of aromatic nitrogens is 1. The van der Waals surface area contributed by atoms with E-state index in [9.17, 15) is 13.2 Å². The standard InChI is InChI=1S/C38H45N3O4S/c1-25-13-17-30(18-14-25)36-32-24-41(22-21-33(32)39-27(3)35(36)28(4)45-38(5,6)7)37(42)34(23-29-11-9-8-10-12-29)40-46(43,44)31-19-15-26(2)16-20-31/h8-20,28,34,40H,21-24H2,1-7H3. The minimum atomic E-state index is -3.96. The second kappa shape index (κ2) is 13.5. The predicted molar refractivity (Wildman–Crippen MR) is 183 cm³/mol. The molecule has 4 aromatic rings. The van der Waals surface area contributed by atoms with E-state index in [0.717, 1.165) is 50.3 Å². The van der Waals surface area contributed by atoms with Gasteiger partial charge in [0.1, 0.15) is 6.04 Å². The van der Waals surface area contributed by atoms with Crippen molar-refractivity contribution in [3.63, 3.8) is 0 Å². The van der Waals surface area contributed by atoms with E-state index in [2.05, 4.69) is 42.8 Å². The van der Waals surface area contributed by atoms with Crippen LogP contribution in [0.2, 0.25) is 0 Å². The fraction of sp³-hybridized carbons (Fsp3) is 0.368. The number of hydrogen-bond acceptors (Lipinski definition) is 5. The van der Waals surface area contributed by atoms with Crippen LogP contribution in [-0.2, 0) is 38.9 Å². The lowest BCUT2D eigenvalue weighted by Gasteiger charge is -2.35. The largest absolute Gasteiger partial charge is 0.368 e. The molecule has 2 unspecified atom stereocenters. The average molecular weight is 640 g/mol. The monoisotopic (exact) mass is 639 g/mol. The van der Waals surface area contributed by atoms with Gasteiger partial charge in [-0.25, -0.2) is 8.42 Å². The van der Waals surface area contributed by atoms with E-state index in [0.29, 0.717) is 19.5 Å². The van der Waals surface area contributed by atoms with Crippen LogP contribution >= 0.6 is 0 Å². The summed E-state index contributed by atoms with van der Waals surface area (Å²) in [5.41, 5.74) is 8.57. The molecular weight excluding hydrogens is 595 g/mol. The molecule has 1 amide bonds. The third kappa shape index (κ3) is 7.74. The molecule has 8 heteroatoms. The summed E-state index contributed by atoms with van der Waals surface area (Å²) in [6, 6.07) is 23.6. The van der Waals surface area contributed by atoms with Crippen LogP contribution in [-0.4, -0.2) is 42.4 Å². The number of sulfonamides is 1. The van der Waals surface area contributed by atoms with E-state index in [1.165, 1.54) is 0 Å². The Bertz CT molecular complexity index is 1800. The van der Waals surface area contributed by atoms with E-state index in [4.69, 9.17) is 9.72 Å². The SMILES string of the molecule is Cc1ccc(-c2c3c(nc(C)c2C(C)OC(C)(C)C)CCN(C(=O)C(Cc2ccccc2)NS(=O)(=O)c2ccc(C)cc2)C3)cc1. The van der Waals surface area contributed by atoms with Gasteiger partial charge in [0.15, 0.2) is 0 Å². The summed E-state index contributed by atoms with van der Waals surface area (Å²) >= 11 is 0. The molecule has 0 saturated heterocycles. The fourth-order valence-corrected chi connectivity index (χ4v) is 7.44. The number of nitrogens with one attached hydrogen (secondary N) is 1. The minimum absolute atomic E-state index is 0.131. The van der Waals surface area contributed by atoms with Crippen LogP contribution in [0.5, 0.6) is 0 Å². The summed E-state index contributed by atoms with van der Waals surface area (Å²) in [5, 5.41) is 0. The molecule has 2 heterocycles. The van der Waals surface area contributed by atoms with E-state index in [-0.39, 0.29) is 28.9 Å². The van der Waals surface area contributed by atoms with Crippen molar-refractivity contribution in [3.05, 3.63) is 118 Å². The van der Waals surface area contributed by atoms with Gasteiger partial charge in [0.05, 0.1) is 16.6 Å². The molecule has 0 aliphatic carbocycles. The maximum atomic E-state index is 14.4. The lowest BCUT2D eigenvalue weighted by atomic mass is 9.87. The Morgan fingerprint density at radius 2 is 1.54 bits per heavy atom. The molecule has 0 saturated carbocycles. The highest BCUT2D eigenvalue weighted by Gasteiger charge is 2.34. The van der Waals surface area contributed by atoms with Crippen molar-refractivity contribution in [2.24, 2.45) is 0 Å². The van der Waals surface area contributed by atoms with Crippen LogP contribution in [0.1, 0.15) is 73.0 Å². The van der Waals surface area contributed by atoms with Gasteiger partial charge in [0, 0.05) is 42.0 Å². The summed E-state index contributed by atoms with van der Waals surface area (Å²) in [5.74, 6) is -0.263. The number of nitrogens with zero attached hydrogens (tertiary/aromatic N) is 2. The zero-order valence-electron chi connectivity index (χ0n) is 27.9. The highest BCUT2D eigenvalue weighted by molar-refractivity contribution is 7.89. The Labute approximate surface area is 274 Å². The number of benzene rings is 3. The molecule has 1 N–H and O–H groups in total. The Balaban J connectivity index is 1.55. The Morgan fingerprint density at radius 1 is 0.935 bits per heavy atom. The summed E-state index contributed by atoms with van der Waals surface area (Å²) in [7, 11) is -3.96. The average Bonchev–Trinajstić information content (AvgIpc) is 2.99. The second-order valence-corrected chi connectivity index (χ2v) is 15.1. The zero-order chi connectivity index (χ0) is 33.2. The molecule has 242 valence electrons. The first-order chi connectivity index (χ1) is 21.7. The van der Waals surface area contributed by atoms with Crippen molar-refractivity contribution >= 4 is 15.9 Å². The second-order valence-electron chi connectivity index (χ2n) is 13.3. The molecule has 0 fully saturated rings. The lowest BCUT2D eigenvalue weighted by molar-refractivity contribution is -0.133. The van der Waals surface area contributed by atoms with E-state index < -0.39 is 16.1 Å². The smallest absolute Gasteiger partial charge is 0.241 e. The number of carbonyl (C=O) groups excluding carboxylic acids is 1. The van der Waals surface area contributed by atoms with Crippen molar-refractivity contribution < 1.29 is 17.9 Å². The Hall–Kier alpha value is -3.85. The number of fused-ring (bicyclic) bond motifs is 1. The molecule has 46 heavy (non-hydrogen) atoms. The highest BCUT2D eigenvalue weighted by Crippen LogP contribution is 2.40. The molecule has 0 spiro atoms. The summed E-state index contributed by atoms with van der Waals surface area (Å²) in [6.07, 6.45) is 0.554. The molecule has 3 aromatic carbocycles. The third-order valence-corrected chi connectivity index (χ3v) is 9.87. The van der Waals surface area contributed by atoms with E-state index in [1.54, 1.807) is 29.2 Å². The van der Waals surface area contributed by atoms with Gasteiger partial charge in [-0.15, -0.1) is 0 Å². The first-order valence-corrected chi connectivity index (χ1v) is 17.4. The number of rotatable bonds is 9. The fourth-order valence-electron chi connectivity index (χ4n) is 6.25. The van der Waals surface area contributed by atoms with Gasteiger partial charge in [0.2, 0.25) is 15.9 Å². The number of aryl methyl sites for hydroxylation is 3. The molecule has 0 radical (unpaired) electrons. The van der Waals surface area contributed by atoms with Gasteiger partial charge >= 0.3 is 0 Å². The molecule has 1 aliphatic rings. The van der Waals surface area contributed by atoms with Gasteiger partial charge in [-0.2, -0.15) is 4.72 Å². The van der Waals surface area contributed by atoms with Crippen molar-refractivity contribution in [1.29, 1.82) is 0 Å². The molecule has 0 bridgehead atoms. The molecule has 1 aromatic heterocycles. The molecule has 1 aliphatic heterocycles. The maximum absolute atomic E-state index is 14.4. The number of carbonyl (C=O) groups is 1. The van der Waals surface area contributed by atoms with Crippen molar-refractivity contribution in [2.75, 3.05) is 6.54 Å². The topological polar surface area (TPSA) is 88.6 Å². The summed E-state index contributed by atoms with van der Waals surface area (Å²) in [6.45, 7) is 14.9. The van der Waals surface area contributed by atoms with Gasteiger partial charge in [-0.1, -0.05) is 77.9 Å². The van der Waals surface area contributed by atoms with Crippen LogP contribution in [0.3, 0.4) is 0 Å². The summed E-state index contributed by atoms with van der Waals surface area (Å²) in [4.78, 5) is 21.4. The summed E-state index contributed by atoms with van der Waals surface area (Å²) < 4.78 is 36.4. The molecule has 2 atom stereocenters. The van der Waals surface area contributed by atoms with E-state index in [1.807, 2.05) is 65.0 Å². The maximum Gasteiger partial charge on any atom is 0.241 e. The zero-order valence-corrected chi connectivity index (χ0v) is 28.7. The van der Waals surface area contributed by atoms with Crippen LogP contribution in [0.25, 0.3) is 11.1 Å². The third-order valence-electron chi connectivity index (χ3n) is 8.38. The van der Waals surface area contributed by atoms with Gasteiger partial charge in [-0.3, -0.25) is 9.78 Å². The van der Waals surface area contributed by atoms with Crippen LogP contribution in [0.15, 0.2) is 83.8 Å². The normalized spacial score (nSPS) is 14.9. The first kappa shape index (κ1) is 33.5. The van der Waals surface area contributed by atoms with Crippen LogP contribution in [0, 0.1) is 20.8 Å². The molecule has 7 nitrogen and oxygen atoms in total. The van der Waals surface area contributed by atoms with Gasteiger partial charge in [0.25, 0.3) is 0 Å². The van der Waals surface area contributed by atoms with Crippen LogP contribution < -0.4 is 4.72 Å². The Kier molecular flexibility index (Phi) is 9.82. The number of ether oxygens (including phenoxy) is 1. The van der Waals surface area contributed by atoms with Crippen LogP contribution in [0.4, 0.5) is 0 Å². The van der Waals surface area contributed by atoms with Crippen molar-refractivity contribution in [1.82, 2.24) is 14.6 Å². The van der Waals surface area contributed by atoms with Crippen molar-refractivity contribution in [3.8, 4) is 11.1 Å². The number of pyridine rings is 1. The van der Waals surface area contributed by atoms with E-state index >= 15 is 0 Å².